The number of furan rings is 1. The number of anilines is 2. The predicted octanol–water partition coefficient (Wildman–Crippen LogP) is 0.466. The molecule has 0 bridgehead atoms. The summed E-state index contributed by atoms with van der Waals surface area (Å²) in [5.74, 6) is 0.507. The van der Waals surface area contributed by atoms with Gasteiger partial charge in [0.15, 0.2) is 0 Å². The van der Waals surface area contributed by atoms with Crippen molar-refractivity contribution >= 4 is 17.5 Å². The van der Waals surface area contributed by atoms with E-state index in [1.54, 1.807) is 12.1 Å². The second-order valence-electron chi connectivity index (χ2n) is 6.06. The lowest BCUT2D eigenvalue weighted by atomic mass is 10.3. The number of nitrogens with one attached hydrogen (secondary N) is 1. The lowest BCUT2D eigenvalue weighted by Gasteiger charge is -2.17. The Hall–Kier alpha value is -3.62. The number of nitrogens with zero attached hydrogens (tertiary/aromatic N) is 4. The molecule has 0 radical (unpaired) electrons. The summed E-state index contributed by atoms with van der Waals surface area (Å²) in [6, 6.07) is 12.9. The number of amides is 1. The van der Waals surface area contributed by atoms with Crippen molar-refractivity contribution in [2.75, 3.05) is 11.4 Å². The van der Waals surface area contributed by atoms with Gasteiger partial charge in [-0.2, -0.15) is 0 Å². The van der Waals surface area contributed by atoms with Gasteiger partial charge in [0.1, 0.15) is 12.3 Å². The monoisotopic (exact) mass is 367 g/mol. The molecule has 4 rings (SSSR count). The fourth-order valence-corrected chi connectivity index (χ4v) is 2.98. The molecule has 0 fully saturated rings. The highest BCUT2D eigenvalue weighted by Gasteiger charge is 2.26. The fourth-order valence-electron chi connectivity index (χ4n) is 2.98. The zero-order chi connectivity index (χ0) is 18.8. The Morgan fingerprint density at radius 1 is 1.07 bits per heavy atom. The SMILES string of the molecule is O=C(Cn1nc2n(c(=O)c1=O)CCN2c1ccccc1)NCc1ccco1. The average molecular weight is 367 g/mol. The van der Waals surface area contributed by atoms with Gasteiger partial charge in [0.05, 0.1) is 12.8 Å². The number of carbonyl (C=O) groups excluding carboxylic acids is 1. The molecule has 1 aliphatic heterocycles. The lowest BCUT2D eigenvalue weighted by molar-refractivity contribution is -0.122. The van der Waals surface area contributed by atoms with Crippen LogP contribution in [0.2, 0.25) is 0 Å². The van der Waals surface area contributed by atoms with Crippen molar-refractivity contribution in [3.63, 3.8) is 0 Å². The second-order valence-corrected chi connectivity index (χ2v) is 6.06. The topological polar surface area (TPSA) is 102 Å². The van der Waals surface area contributed by atoms with Crippen LogP contribution < -0.4 is 21.3 Å². The summed E-state index contributed by atoms with van der Waals surface area (Å²) in [5, 5.41) is 6.90. The first kappa shape index (κ1) is 16.8. The number of fused-ring (bicyclic) bond motifs is 1. The summed E-state index contributed by atoms with van der Waals surface area (Å²) in [6.07, 6.45) is 1.51. The summed E-state index contributed by atoms with van der Waals surface area (Å²) in [6.45, 7) is 0.753. The van der Waals surface area contributed by atoms with E-state index in [9.17, 15) is 14.4 Å². The summed E-state index contributed by atoms with van der Waals surface area (Å²) in [5.41, 5.74) is -0.637. The molecule has 1 aliphatic rings. The molecule has 3 aromatic rings. The number of benzene rings is 1. The Labute approximate surface area is 153 Å². The van der Waals surface area contributed by atoms with E-state index < -0.39 is 17.0 Å². The van der Waals surface area contributed by atoms with Crippen molar-refractivity contribution in [3.05, 3.63) is 75.2 Å². The van der Waals surface area contributed by atoms with Gasteiger partial charge >= 0.3 is 11.1 Å². The van der Waals surface area contributed by atoms with Crippen LogP contribution in [-0.2, 0) is 24.4 Å². The maximum Gasteiger partial charge on any atom is 0.333 e. The van der Waals surface area contributed by atoms with Crippen LogP contribution in [0.5, 0.6) is 0 Å². The van der Waals surface area contributed by atoms with Crippen molar-refractivity contribution in [1.82, 2.24) is 19.7 Å². The van der Waals surface area contributed by atoms with Crippen LogP contribution in [0, 0.1) is 0 Å². The molecule has 0 saturated carbocycles. The molecule has 1 amide bonds. The molecule has 0 aliphatic carbocycles. The van der Waals surface area contributed by atoms with Crippen molar-refractivity contribution in [3.8, 4) is 0 Å². The van der Waals surface area contributed by atoms with Gasteiger partial charge in [0.2, 0.25) is 11.9 Å². The smallest absolute Gasteiger partial charge is 0.333 e. The minimum Gasteiger partial charge on any atom is -0.467 e. The van der Waals surface area contributed by atoms with Crippen molar-refractivity contribution in [2.24, 2.45) is 0 Å². The normalized spacial score (nSPS) is 12.8. The molecule has 27 heavy (non-hydrogen) atoms. The Morgan fingerprint density at radius 2 is 1.89 bits per heavy atom. The number of aromatic nitrogens is 3. The molecule has 138 valence electrons. The summed E-state index contributed by atoms with van der Waals surface area (Å²) >= 11 is 0. The molecule has 0 saturated heterocycles. The highest BCUT2D eigenvalue weighted by atomic mass is 16.3. The molecule has 0 atom stereocenters. The molecule has 9 heteroatoms. The number of rotatable bonds is 5. The van der Waals surface area contributed by atoms with Crippen molar-refractivity contribution in [2.45, 2.75) is 19.6 Å². The molecular formula is C18H17N5O4. The molecular weight excluding hydrogens is 350 g/mol. The van der Waals surface area contributed by atoms with Gasteiger partial charge in [-0.25, -0.2) is 4.68 Å². The molecule has 3 heterocycles. The van der Waals surface area contributed by atoms with E-state index in [0.29, 0.717) is 24.8 Å². The van der Waals surface area contributed by atoms with Gasteiger partial charge in [-0.15, -0.1) is 5.10 Å². The number of hydrogen-bond acceptors (Lipinski definition) is 6. The average Bonchev–Trinajstić information content (AvgIpc) is 3.35. The molecule has 1 N–H and O–H groups in total. The summed E-state index contributed by atoms with van der Waals surface area (Å²) in [4.78, 5) is 38.7. The largest absolute Gasteiger partial charge is 0.467 e. The Bertz CT molecular complexity index is 1070. The molecule has 0 spiro atoms. The highest BCUT2D eigenvalue weighted by Crippen LogP contribution is 2.25. The van der Waals surface area contributed by atoms with E-state index in [1.165, 1.54) is 10.8 Å². The Morgan fingerprint density at radius 3 is 2.63 bits per heavy atom. The van der Waals surface area contributed by atoms with Gasteiger partial charge in [-0.3, -0.25) is 19.0 Å². The number of para-hydroxylation sites is 1. The number of carbonyl (C=O) groups is 1. The zero-order valence-corrected chi connectivity index (χ0v) is 14.4. The van der Waals surface area contributed by atoms with Gasteiger partial charge in [-0.05, 0) is 24.3 Å². The summed E-state index contributed by atoms with van der Waals surface area (Å²) < 4.78 is 7.39. The zero-order valence-electron chi connectivity index (χ0n) is 14.4. The molecule has 1 aromatic carbocycles. The quantitative estimate of drug-likeness (QED) is 0.658. The van der Waals surface area contributed by atoms with Crippen LogP contribution in [0.15, 0.2) is 62.7 Å². The van der Waals surface area contributed by atoms with Crippen LogP contribution in [0.4, 0.5) is 11.6 Å². The van der Waals surface area contributed by atoms with E-state index in [2.05, 4.69) is 10.4 Å². The first-order chi connectivity index (χ1) is 13.1. The molecule has 0 unspecified atom stereocenters. The van der Waals surface area contributed by atoms with Gasteiger partial charge in [-0.1, -0.05) is 18.2 Å². The van der Waals surface area contributed by atoms with Gasteiger partial charge < -0.3 is 14.6 Å². The van der Waals surface area contributed by atoms with Gasteiger partial charge in [0.25, 0.3) is 0 Å². The third-order valence-electron chi connectivity index (χ3n) is 4.30. The first-order valence-corrected chi connectivity index (χ1v) is 8.47. The van der Waals surface area contributed by atoms with Crippen LogP contribution >= 0.6 is 0 Å². The maximum atomic E-state index is 12.4. The minimum atomic E-state index is -0.818. The summed E-state index contributed by atoms with van der Waals surface area (Å²) in [7, 11) is 0. The fraction of sp³-hybridized carbons (Fsp3) is 0.222. The van der Waals surface area contributed by atoms with Crippen LogP contribution in [0.1, 0.15) is 5.76 Å². The molecule has 9 nitrogen and oxygen atoms in total. The minimum absolute atomic E-state index is 0.195. The third-order valence-corrected chi connectivity index (χ3v) is 4.30. The molecule has 2 aromatic heterocycles. The van der Waals surface area contributed by atoms with Crippen LogP contribution in [-0.4, -0.2) is 26.8 Å². The van der Waals surface area contributed by atoms with E-state index in [-0.39, 0.29) is 13.1 Å². The van der Waals surface area contributed by atoms with Gasteiger partial charge in [0, 0.05) is 18.8 Å². The Balaban J connectivity index is 1.59. The van der Waals surface area contributed by atoms with Crippen LogP contribution in [0.3, 0.4) is 0 Å². The van der Waals surface area contributed by atoms with E-state index >= 15 is 0 Å². The third kappa shape index (κ3) is 3.26. The van der Waals surface area contributed by atoms with Crippen molar-refractivity contribution < 1.29 is 9.21 Å². The Kier molecular flexibility index (Phi) is 4.33. The standard InChI is InChI=1S/C18H17N5O4/c24-15(19-11-14-7-4-10-27-14)12-23-17(26)16(25)22-9-8-21(18(22)20-23)13-5-2-1-3-6-13/h1-7,10H,8-9,11-12H2,(H,19,24). The van der Waals surface area contributed by atoms with Crippen LogP contribution in [0.25, 0.3) is 0 Å². The highest BCUT2D eigenvalue weighted by molar-refractivity contribution is 5.75. The van der Waals surface area contributed by atoms with E-state index in [1.807, 2.05) is 35.2 Å². The maximum absolute atomic E-state index is 12.4. The van der Waals surface area contributed by atoms with E-state index in [4.69, 9.17) is 4.42 Å². The van der Waals surface area contributed by atoms with E-state index in [0.717, 1.165) is 10.4 Å². The predicted molar refractivity (Wildman–Crippen MR) is 96.8 cm³/mol. The first-order valence-electron chi connectivity index (χ1n) is 8.47. The lowest BCUT2D eigenvalue weighted by Crippen LogP contribution is -2.44. The van der Waals surface area contributed by atoms with Crippen molar-refractivity contribution in [1.29, 1.82) is 0 Å². The second kappa shape index (κ2) is 6.94. The number of hydrogen-bond donors (Lipinski definition) is 1.